The van der Waals surface area contributed by atoms with Crippen molar-refractivity contribution in [2.24, 2.45) is 0 Å². The van der Waals surface area contributed by atoms with E-state index < -0.39 is 20.9 Å². The molecule has 3 aliphatic rings. The third kappa shape index (κ3) is 4.21. The Morgan fingerprint density at radius 2 is 1.62 bits per heavy atom. The molecule has 1 N–H and O–H groups in total. The van der Waals surface area contributed by atoms with Crippen LogP contribution in [-0.2, 0) is 21.5 Å². The molecule has 2 heterocycles. The number of amides is 1. The highest BCUT2D eigenvalue weighted by atomic mass is 32.2. The molecule has 0 radical (unpaired) electrons. The molecule has 0 unspecified atom stereocenters. The van der Waals surface area contributed by atoms with Crippen molar-refractivity contribution in [1.82, 2.24) is 0 Å². The minimum Gasteiger partial charge on any atom is -0.496 e. The van der Waals surface area contributed by atoms with E-state index in [2.05, 4.69) is 5.32 Å². The second kappa shape index (κ2) is 9.62. The van der Waals surface area contributed by atoms with Gasteiger partial charge in [-0.1, -0.05) is 31.0 Å². The minimum atomic E-state index is -3.72. The van der Waals surface area contributed by atoms with E-state index in [1.54, 1.807) is 31.4 Å². The smallest absolute Gasteiger partial charge is 0.312 e. The first-order chi connectivity index (χ1) is 19.1. The van der Waals surface area contributed by atoms with Crippen LogP contribution in [0.3, 0.4) is 0 Å². The van der Waals surface area contributed by atoms with Crippen molar-refractivity contribution in [2.75, 3.05) is 29.6 Å². The van der Waals surface area contributed by atoms with Gasteiger partial charge in [0.15, 0.2) is 0 Å². The third-order valence-corrected chi connectivity index (χ3v) is 9.68. The number of carbonyl (C=O) groups is 1. The first-order valence-electron chi connectivity index (χ1n) is 13.5. The Labute approximate surface area is 234 Å². The summed E-state index contributed by atoms with van der Waals surface area (Å²) in [6, 6.07) is 16.7. The zero-order valence-corrected chi connectivity index (χ0v) is 23.9. The van der Waals surface area contributed by atoms with Crippen molar-refractivity contribution in [3.8, 4) is 28.4 Å². The van der Waals surface area contributed by atoms with Crippen LogP contribution in [0, 0.1) is 0 Å². The molecule has 10 heteroatoms. The quantitative estimate of drug-likeness (QED) is 0.377. The molecule has 0 atom stereocenters. The van der Waals surface area contributed by atoms with Crippen LogP contribution in [0.4, 0.5) is 17.1 Å². The fourth-order valence-corrected chi connectivity index (χ4v) is 7.38. The summed E-state index contributed by atoms with van der Waals surface area (Å²) in [5.41, 5.74) is 4.16. The van der Waals surface area contributed by atoms with E-state index in [4.69, 9.17) is 13.7 Å². The van der Waals surface area contributed by atoms with Gasteiger partial charge in [-0.15, -0.1) is 0 Å². The van der Waals surface area contributed by atoms with Crippen LogP contribution in [0.1, 0.15) is 45.1 Å². The predicted octanol–water partition coefficient (Wildman–Crippen LogP) is 5.49. The van der Waals surface area contributed by atoms with Gasteiger partial charge in [-0.25, -0.2) is 5.01 Å². The van der Waals surface area contributed by atoms with E-state index in [1.807, 2.05) is 61.3 Å². The average molecular weight is 564 g/mol. The highest BCUT2D eigenvalue weighted by Crippen LogP contribution is 2.51. The Bertz CT molecular complexity index is 1600. The van der Waals surface area contributed by atoms with Gasteiger partial charge in [0.1, 0.15) is 28.5 Å². The standard InChI is InChI=1S/C30H33N3O6S/c1-30(2)29(34)33-28-23(18-32(33)25-11-7-8-12-26(25)37-3)21(15-16-24(28)31-30)22-14-13-19(17-27(22)38-4)39-40(35,36)20-9-5-6-10-20/h7-8,11-17,20,31H,5-6,9-10,18H2,1-4H3. The summed E-state index contributed by atoms with van der Waals surface area (Å²) < 4.78 is 42.5. The molecule has 0 aromatic heterocycles. The van der Waals surface area contributed by atoms with Crippen LogP contribution >= 0.6 is 0 Å². The molecule has 6 rings (SSSR count). The van der Waals surface area contributed by atoms with Crippen LogP contribution < -0.4 is 29.0 Å². The molecule has 1 aliphatic carbocycles. The Hall–Kier alpha value is -3.92. The number of methoxy groups -OCH3 is 2. The molecular weight excluding hydrogens is 530 g/mol. The number of hydrogen-bond acceptors (Lipinski definition) is 8. The maximum absolute atomic E-state index is 13.8. The molecule has 1 saturated carbocycles. The lowest BCUT2D eigenvalue weighted by molar-refractivity contribution is -0.122. The van der Waals surface area contributed by atoms with E-state index >= 15 is 0 Å². The molecule has 2 aliphatic heterocycles. The first-order valence-corrected chi connectivity index (χ1v) is 14.9. The molecular formula is C30H33N3O6S. The topological polar surface area (TPSA) is 97.4 Å². The Morgan fingerprint density at radius 1 is 0.925 bits per heavy atom. The van der Waals surface area contributed by atoms with Gasteiger partial charge in [0, 0.05) is 17.2 Å². The van der Waals surface area contributed by atoms with E-state index in [0.717, 1.165) is 46.6 Å². The number of ether oxygens (including phenoxy) is 2. The van der Waals surface area contributed by atoms with Crippen LogP contribution in [0.25, 0.3) is 11.1 Å². The minimum absolute atomic E-state index is 0.0883. The third-order valence-electron chi connectivity index (χ3n) is 7.97. The van der Waals surface area contributed by atoms with Crippen molar-refractivity contribution in [3.63, 3.8) is 0 Å². The summed E-state index contributed by atoms with van der Waals surface area (Å²) in [5, 5.41) is 6.61. The fraction of sp³-hybridized carbons (Fsp3) is 0.367. The van der Waals surface area contributed by atoms with E-state index in [9.17, 15) is 13.2 Å². The zero-order valence-electron chi connectivity index (χ0n) is 23.1. The molecule has 210 valence electrons. The molecule has 0 spiro atoms. The number of carbonyl (C=O) groups excluding carboxylic acids is 1. The Kier molecular flexibility index (Phi) is 6.33. The van der Waals surface area contributed by atoms with Crippen molar-refractivity contribution in [2.45, 2.75) is 56.9 Å². The zero-order chi connectivity index (χ0) is 28.2. The summed E-state index contributed by atoms with van der Waals surface area (Å²) in [6.45, 7) is 4.15. The highest BCUT2D eigenvalue weighted by Gasteiger charge is 2.47. The number of nitrogens with zero attached hydrogens (tertiary/aromatic N) is 2. The summed E-state index contributed by atoms with van der Waals surface area (Å²) >= 11 is 0. The summed E-state index contributed by atoms with van der Waals surface area (Å²) in [6.07, 6.45) is 3.04. The number of anilines is 3. The molecule has 0 saturated heterocycles. The van der Waals surface area contributed by atoms with Crippen molar-refractivity contribution in [3.05, 3.63) is 60.2 Å². The van der Waals surface area contributed by atoms with Gasteiger partial charge in [0.2, 0.25) is 0 Å². The Morgan fingerprint density at radius 3 is 2.35 bits per heavy atom. The van der Waals surface area contributed by atoms with Crippen LogP contribution in [0.15, 0.2) is 54.6 Å². The van der Waals surface area contributed by atoms with Gasteiger partial charge in [-0.05, 0) is 62.6 Å². The number of nitrogens with one attached hydrogen (secondary N) is 1. The molecule has 1 fully saturated rings. The van der Waals surface area contributed by atoms with Crippen molar-refractivity contribution in [1.29, 1.82) is 0 Å². The van der Waals surface area contributed by atoms with Gasteiger partial charge in [-0.3, -0.25) is 9.80 Å². The monoisotopic (exact) mass is 563 g/mol. The van der Waals surface area contributed by atoms with Crippen molar-refractivity contribution < 1.29 is 26.9 Å². The van der Waals surface area contributed by atoms with E-state index in [-0.39, 0.29) is 11.7 Å². The maximum atomic E-state index is 13.8. The lowest BCUT2D eigenvalue weighted by atomic mass is 9.93. The predicted molar refractivity (Wildman–Crippen MR) is 155 cm³/mol. The van der Waals surface area contributed by atoms with E-state index in [1.165, 1.54) is 0 Å². The van der Waals surface area contributed by atoms with Gasteiger partial charge < -0.3 is 19.0 Å². The van der Waals surface area contributed by atoms with Gasteiger partial charge in [0.05, 0.1) is 37.4 Å². The largest absolute Gasteiger partial charge is 0.496 e. The summed E-state index contributed by atoms with van der Waals surface area (Å²) in [4.78, 5) is 13.8. The molecule has 3 aromatic rings. The van der Waals surface area contributed by atoms with Gasteiger partial charge in [0.25, 0.3) is 5.91 Å². The fourth-order valence-electron chi connectivity index (χ4n) is 5.96. The normalized spacial score (nSPS) is 17.9. The SMILES string of the molecule is COc1cc(OS(=O)(=O)C2CCCC2)ccc1-c1ccc2c3c1CN(c1ccccc1OC)N3C(=O)C(C)(C)N2. The van der Waals surface area contributed by atoms with Crippen LogP contribution in [0.5, 0.6) is 17.2 Å². The van der Waals surface area contributed by atoms with Gasteiger partial charge in [-0.2, -0.15) is 8.42 Å². The van der Waals surface area contributed by atoms with Crippen LogP contribution in [0.2, 0.25) is 0 Å². The lowest BCUT2D eigenvalue weighted by Gasteiger charge is -2.41. The molecule has 9 nitrogen and oxygen atoms in total. The second-order valence-corrected chi connectivity index (χ2v) is 12.7. The molecule has 1 amide bonds. The average Bonchev–Trinajstić information content (AvgIpc) is 3.62. The maximum Gasteiger partial charge on any atom is 0.312 e. The number of para-hydroxylation sites is 2. The van der Waals surface area contributed by atoms with E-state index in [0.29, 0.717) is 30.9 Å². The summed E-state index contributed by atoms with van der Waals surface area (Å²) in [7, 11) is -0.559. The van der Waals surface area contributed by atoms with Crippen LogP contribution in [-0.4, -0.2) is 39.3 Å². The second-order valence-electron chi connectivity index (χ2n) is 10.9. The Balaban J connectivity index is 1.44. The number of hydrogen-bond donors (Lipinski definition) is 1. The summed E-state index contributed by atoms with van der Waals surface area (Å²) in [5.74, 6) is 1.27. The number of hydrazine groups is 1. The molecule has 3 aromatic carbocycles. The first kappa shape index (κ1) is 26.3. The van der Waals surface area contributed by atoms with Crippen molar-refractivity contribution >= 4 is 33.1 Å². The molecule has 40 heavy (non-hydrogen) atoms. The lowest BCUT2D eigenvalue weighted by Crippen LogP contribution is -2.57. The van der Waals surface area contributed by atoms with Gasteiger partial charge >= 0.3 is 10.1 Å². The number of rotatable bonds is 7. The highest BCUT2D eigenvalue weighted by molar-refractivity contribution is 7.87. The number of benzene rings is 3. The molecule has 0 bridgehead atoms.